The van der Waals surface area contributed by atoms with Gasteiger partial charge in [0.15, 0.2) is 0 Å². The van der Waals surface area contributed by atoms with Crippen LogP contribution in [0.3, 0.4) is 0 Å². The first kappa shape index (κ1) is 29.4. The molecule has 0 amide bonds. The van der Waals surface area contributed by atoms with Crippen LogP contribution in [-0.4, -0.2) is 49.7 Å². The summed E-state index contributed by atoms with van der Waals surface area (Å²) in [5.74, 6) is -1.86. The number of hydrogen-bond donors (Lipinski definition) is 0. The molecule has 4 nitrogen and oxygen atoms in total. The fourth-order valence-electron chi connectivity index (χ4n) is 2.18. The van der Waals surface area contributed by atoms with Crippen LogP contribution in [0.4, 0.5) is 0 Å². The fraction of sp³-hybridized carbons (Fsp3) is 0.700. The van der Waals surface area contributed by atoms with Crippen molar-refractivity contribution in [2.75, 3.05) is 0 Å². The first-order valence-electron chi connectivity index (χ1n) is 9.16. The molecule has 5 heteroatoms. The summed E-state index contributed by atoms with van der Waals surface area (Å²) in [4.78, 5) is 20.0. The number of unbranched alkanes of at least 4 members (excludes halogenated alkanes) is 10. The van der Waals surface area contributed by atoms with Gasteiger partial charge in [-0.25, -0.2) is 0 Å². The van der Waals surface area contributed by atoms with Gasteiger partial charge in [-0.15, -0.1) is 13.2 Å². The van der Waals surface area contributed by atoms with Crippen LogP contribution in [0.5, 0.6) is 0 Å². The number of carbonyl (C=O) groups excluding carboxylic acids is 2. The maximum atomic E-state index is 10.0. The van der Waals surface area contributed by atoms with Gasteiger partial charge in [-0.2, -0.15) is 0 Å². The molecule has 0 saturated heterocycles. The van der Waals surface area contributed by atoms with Crippen molar-refractivity contribution in [3.63, 3.8) is 0 Å². The average Bonchev–Trinajstić information content (AvgIpc) is 2.53. The molecule has 0 heterocycles. The fourth-order valence-corrected chi connectivity index (χ4v) is 2.18. The maximum Gasteiger partial charge on any atom is 2.00 e. The van der Waals surface area contributed by atoms with Gasteiger partial charge < -0.3 is 19.8 Å². The molecule has 0 aliphatic heterocycles. The molecular formula is C20H34CaO4. The number of allylic oxidation sites excluding steroid dienone is 2. The van der Waals surface area contributed by atoms with E-state index in [1.807, 2.05) is 12.2 Å². The second-order valence-electron chi connectivity index (χ2n) is 5.93. The smallest absolute Gasteiger partial charge is 0.550 e. The summed E-state index contributed by atoms with van der Waals surface area (Å²) in [6.45, 7) is 7.26. The summed E-state index contributed by atoms with van der Waals surface area (Å²) in [7, 11) is 0. The Morgan fingerprint density at radius 3 is 1.16 bits per heavy atom. The summed E-state index contributed by atoms with van der Waals surface area (Å²) >= 11 is 0. The van der Waals surface area contributed by atoms with Crippen molar-refractivity contribution < 1.29 is 19.8 Å². The molecule has 0 unspecified atom stereocenters. The number of rotatable bonds is 16. The van der Waals surface area contributed by atoms with Gasteiger partial charge in [0, 0.05) is 11.9 Å². The standard InChI is InChI=1S/2C10H18O2.Ca/c2*1-2-3-4-5-6-7-8-9-10(11)12;/h2*2H,1,3-9H2,(H,11,12);/q;;+2/p-2. The van der Waals surface area contributed by atoms with Crippen molar-refractivity contribution in [3.8, 4) is 0 Å². The quantitative estimate of drug-likeness (QED) is 0.235. The van der Waals surface area contributed by atoms with E-state index in [0.717, 1.165) is 51.4 Å². The molecule has 0 radical (unpaired) electrons. The summed E-state index contributed by atoms with van der Waals surface area (Å²) in [5, 5.41) is 20.0. The molecular weight excluding hydrogens is 344 g/mol. The van der Waals surface area contributed by atoms with Gasteiger partial charge in [-0.3, -0.25) is 0 Å². The van der Waals surface area contributed by atoms with Crippen molar-refractivity contribution in [1.82, 2.24) is 0 Å². The molecule has 0 aliphatic rings. The third kappa shape index (κ3) is 35.6. The summed E-state index contributed by atoms with van der Waals surface area (Å²) < 4.78 is 0. The van der Waals surface area contributed by atoms with E-state index in [-0.39, 0.29) is 50.6 Å². The van der Waals surface area contributed by atoms with Crippen LogP contribution in [0, 0.1) is 0 Å². The number of hydrogen-bond acceptors (Lipinski definition) is 4. The zero-order chi connectivity index (χ0) is 18.5. The normalized spacial score (nSPS) is 9.28. The van der Waals surface area contributed by atoms with Gasteiger partial charge in [0.1, 0.15) is 0 Å². The van der Waals surface area contributed by atoms with Crippen molar-refractivity contribution in [1.29, 1.82) is 0 Å². The van der Waals surface area contributed by atoms with E-state index in [1.165, 1.54) is 25.7 Å². The monoisotopic (exact) mass is 378 g/mol. The summed E-state index contributed by atoms with van der Waals surface area (Å²) in [6, 6.07) is 0. The molecule has 0 aromatic carbocycles. The van der Waals surface area contributed by atoms with Crippen molar-refractivity contribution in [2.45, 2.75) is 89.9 Å². The van der Waals surface area contributed by atoms with E-state index in [1.54, 1.807) is 0 Å². The van der Waals surface area contributed by atoms with Crippen LogP contribution in [-0.2, 0) is 9.59 Å². The average molecular weight is 379 g/mol. The van der Waals surface area contributed by atoms with Crippen LogP contribution in [0.1, 0.15) is 89.9 Å². The Morgan fingerprint density at radius 1 is 0.600 bits per heavy atom. The first-order chi connectivity index (χ1) is 11.5. The van der Waals surface area contributed by atoms with E-state index in [2.05, 4.69) is 13.2 Å². The summed E-state index contributed by atoms with van der Waals surface area (Å²) in [6.07, 6.45) is 16.9. The number of carbonyl (C=O) groups is 2. The number of carboxylic acids is 2. The molecule has 0 fully saturated rings. The first-order valence-corrected chi connectivity index (χ1v) is 9.16. The molecule has 0 rings (SSSR count). The van der Waals surface area contributed by atoms with E-state index in [9.17, 15) is 19.8 Å². The molecule has 0 aromatic heterocycles. The van der Waals surface area contributed by atoms with Crippen molar-refractivity contribution >= 4 is 49.7 Å². The second kappa shape index (κ2) is 25.9. The van der Waals surface area contributed by atoms with Crippen molar-refractivity contribution in [2.24, 2.45) is 0 Å². The largest absolute Gasteiger partial charge is 2.00 e. The summed E-state index contributed by atoms with van der Waals surface area (Å²) in [5.41, 5.74) is 0. The SMILES string of the molecule is C=CCCCCCCCC(=O)[O-].C=CCCCCCCCC(=O)[O-].[Ca+2]. The minimum Gasteiger partial charge on any atom is -0.550 e. The Bertz CT molecular complexity index is 298. The van der Waals surface area contributed by atoms with Crippen LogP contribution >= 0.6 is 0 Å². The van der Waals surface area contributed by atoms with E-state index in [0.29, 0.717) is 0 Å². The van der Waals surface area contributed by atoms with Gasteiger partial charge >= 0.3 is 37.7 Å². The Balaban J connectivity index is -0.000000372. The second-order valence-corrected chi connectivity index (χ2v) is 5.93. The number of aliphatic carboxylic acids is 2. The molecule has 0 N–H and O–H groups in total. The van der Waals surface area contributed by atoms with Crippen LogP contribution in [0.2, 0.25) is 0 Å². The zero-order valence-electron chi connectivity index (χ0n) is 15.8. The molecule has 25 heavy (non-hydrogen) atoms. The molecule has 0 atom stereocenters. The van der Waals surface area contributed by atoms with Crippen molar-refractivity contribution in [3.05, 3.63) is 25.3 Å². The van der Waals surface area contributed by atoms with E-state index in [4.69, 9.17) is 0 Å². The Labute approximate surface area is 183 Å². The van der Waals surface area contributed by atoms with Crippen LogP contribution in [0.15, 0.2) is 25.3 Å². The van der Waals surface area contributed by atoms with Crippen LogP contribution < -0.4 is 10.2 Å². The van der Waals surface area contributed by atoms with Gasteiger partial charge in [-0.1, -0.05) is 50.7 Å². The van der Waals surface area contributed by atoms with Gasteiger partial charge in [0.05, 0.1) is 0 Å². The Kier molecular flexibility index (Phi) is 30.5. The van der Waals surface area contributed by atoms with E-state index >= 15 is 0 Å². The minimum atomic E-state index is -0.930. The molecule has 140 valence electrons. The molecule has 0 saturated carbocycles. The van der Waals surface area contributed by atoms with Gasteiger partial charge in [0.25, 0.3) is 0 Å². The molecule has 0 spiro atoms. The molecule has 0 aromatic rings. The third-order valence-corrected chi connectivity index (χ3v) is 3.58. The Hall–Kier alpha value is -0.320. The Morgan fingerprint density at radius 2 is 0.880 bits per heavy atom. The van der Waals surface area contributed by atoms with Gasteiger partial charge in [0.2, 0.25) is 0 Å². The van der Waals surface area contributed by atoms with E-state index < -0.39 is 11.9 Å². The molecule has 0 aliphatic carbocycles. The van der Waals surface area contributed by atoms with Gasteiger partial charge in [-0.05, 0) is 51.4 Å². The topological polar surface area (TPSA) is 80.3 Å². The predicted octanol–water partition coefficient (Wildman–Crippen LogP) is 2.93. The predicted molar refractivity (Wildman–Crippen MR) is 101 cm³/mol. The molecule has 0 bridgehead atoms. The zero-order valence-corrected chi connectivity index (χ0v) is 18.0. The minimum absolute atomic E-state index is 0. The number of carboxylic acid groups (broad SMARTS) is 2. The van der Waals surface area contributed by atoms with Crippen LogP contribution in [0.25, 0.3) is 0 Å². The third-order valence-electron chi connectivity index (χ3n) is 3.58. The maximum absolute atomic E-state index is 10.0.